The van der Waals surface area contributed by atoms with Crippen molar-refractivity contribution in [1.82, 2.24) is 25.9 Å². The van der Waals surface area contributed by atoms with E-state index in [9.17, 15) is 29.4 Å². The first-order chi connectivity index (χ1) is 16.1. The highest BCUT2D eigenvalue weighted by Crippen LogP contribution is 2.07. The SMILES string of the molecule is CSCCC(NC(=O)C(CCSC)NC(=O)C(N)C(C)O)C(=O)NC(Cc1cnc[nH]1)C(=O)O. The second-order valence-electron chi connectivity index (χ2n) is 7.63. The number of hydrogen-bond acceptors (Lipinski definition) is 9. The van der Waals surface area contributed by atoms with Crippen molar-refractivity contribution >= 4 is 47.2 Å². The fourth-order valence-corrected chi connectivity index (χ4v) is 3.80. The van der Waals surface area contributed by atoms with Gasteiger partial charge in [-0.25, -0.2) is 9.78 Å². The summed E-state index contributed by atoms with van der Waals surface area (Å²) in [5.74, 6) is -2.07. The van der Waals surface area contributed by atoms with Crippen LogP contribution in [0.2, 0.25) is 0 Å². The third-order valence-corrected chi connectivity index (χ3v) is 6.19. The lowest BCUT2D eigenvalue weighted by atomic mass is 10.1. The van der Waals surface area contributed by atoms with Crippen LogP contribution in [0.25, 0.3) is 0 Å². The minimum atomic E-state index is -1.23. The van der Waals surface area contributed by atoms with Gasteiger partial charge in [-0.05, 0) is 43.8 Å². The third-order valence-electron chi connectivity index (χ3n) is 4.90. The number of H-pyrrole nitrogens is 1. The van der Waals surface area contributed by atoms with Crippen LogP contribution >= 0.6 is 23.5 Å². The molecule has 0 aliphatic heterocycles. The topological polar surface area (TPSA) is 200 Å². The van der Waals surface area contributed by atoms with Crippen LogP contribution in [0.15, 0.2) is 12.5 Å². The molecule has 0 bridgehead atoms. The monoisotopic (exact) mass is 518 g/mol. The summed E-state index contributed by atoms with van der Waals surface area (Å²) in [6.45, 7) is 1.37. The molecule has 0 spiro atoms. The lowest BCUT2D eigenvalue weighted by molar-refractivity contribution is -0.142. The summed E-state index contributed by atoms with van der Waals surface area (Å²) >= 11 is 2.94. The molecule has 3 amide bonds. The second kappa shape index (κ2) is 15.6. The number of nitrogens with two attached hydrogens (primary N) is 1. The molecule has 5 atom stereocenters. The Labute approximate surface area is 207 Å². The van der Waals surface area contributed by atoms with E-state index in [0.29, 0.717) is 17.2 Å². The van der Waals surface area contributed by atoms with Crippen LogP contribution in [-0.2, 0) is 25.6 Å². The van der Waals surface area contributed by atoms with Crippen molar-refractivity contribution in [2.24, 2.45) is 5.73 Å². The van der Waals surface area contributed by atoms with Crippen LogP contribution in [0.4, 0.5) is 0 Å². The van der Waals surface area contributed by atoms with Gasteiger partial charge in [0.05, 0.1) is 12.4 Å². The van der Waals surface area contributed by atoms with Gasteiger partial charge in [0.1, 0.15) is 24.2 Å². The van der Waals surface area contributed by atoms with E-state index in [0.717, 1.165) is 0 Å². The molecule has 8 N–H and O–H groups in total. The largest absolute Gasteiger partial charge is 0.480 e. The summed E-state index contributed by atoms with van der Waals surface area (Å²) in [7, 11) is 0. The molecule has 0 saturated heterocycles. The van der Waals surface area contributed by atoms with E-state index in [2.05, 4.69) is 25.9 Å². The summed E-state index contributed by atoms with van der Waals surface area (Å²) < 4.78 is 0. The molecule has 1 rings (SSSR count). The Morgan fingerprint density at radius 2 is 1.50 bits per heavy atom. The van der Waals surface area contributed by atoms with Gasteiger partial charge in [-0.1, -0.05) is 0 Å². The van der Waals surface area contributed by atoms with Crippen molar-refractivity contribution in [3.63, 3.8) is 0 Å². The summed E-state index contributed by atoms with van der Waals surface area (Å²) in [4.78, 5) is 56.5. The number of hydrogen-bond donors (Lipinski definition) is 7. The molecule has 192 valence electrons. The van der Waals surface area contributed by atoms with Gasteiger partial charge >= 0.3 is 5.97 Å². The van der Waals surface area contributed by atoms with Gasteiger partial charge in [0, 0.05) is 18.3 Å². The third kappa shape index (κ3) is 10.3. The maximum atomic E-state index is 13.0. The number of carbonyl (C=O) groups excluding carboxylic acids is 3. The molecule has 0 aromatic carbocycles. The molecular weight excluding hydrogens is 484 g/mol. The highest BCUT2D eigenvalue weighted by Gasteiger charge is 2.30. The number of aromatic amines is 1. The zero-order valence-electron chi connectivity index (χ0n) is 19.4. The van der Waals surface area contributed by atoms with Crippen molar-refractivity contribution < 1.29 is 29.4 Å². The quantitative estimate of drug-likeness (QED) is 0.138. The highest BCUT2D eigenvalue weighted by molar-refractivity contribution is 7.98. The number of aliphatic hydroxyl groups is 1. The lowest BCUT2D eigenvalue weighted by Gasteiger charge is -2.25. The molecule has 0 fully saturated rings. The average Bonchev–Trinajstić information content (AvgIpc) is 3.30. The van der Waals surface area contributed by atoms with E-state index in [4.69, 9.17) is 5.73 Å². The standard InChI is InChI=1S/C20H34N6O6S2/c1-11(27)16(21)19(30)25-14(5-7-34-3)17(28)24-13(4-6-33-2)18(29)26-15(20(31)32)8-12-9-22-10-23-12/h9-11,13-16,27H,4-8,21H2,1-3H3,(H,22,23)(H,24,28)(H,25,30)(H,26,29)(H,31,32). The van der Waals surface area contributed by atoms with Gasteiger partial charge < -0.3 is 36.9 Å². The summed E-state index contributed by atoms with van der Waals surface area (Å²) in [6.07, 6.45) is 5.98. The molecule has 34 heavy (non-hydrogen) atoms. The van der Waals surface area contributed by atoms with Gasteiger partial charge in [0.15, 0.2) is 0 Å². The van der Waals surface area contributed by atoms with E-state index >= 15 is 0 Å². The number of nitrogens with one attached hydrogen (secondary N) is 4. The highest BCUT2D eigenvalue weighted by atomic mass is 32.2. The molecule has 1 aromatic heterocycles. The number of nitrogens with zero attached hydrogens (tertiary/aromatic N) is 1. The Hall–Kier alpha value is -2.29. The number of thioether (sulfide) groups is 2. The Balaban J connectivity index is 2.93. The van der Waals surface area contributed by atoms with E-state index in [1.54, 1.807) is 0 Å². The van der Waals surface area contributed by atoms with Crippen LogP contribution in [0.1, 0.15) is 25.5 Å². The molecule has 1 heterocycles. The molecule has 0 saturated carbocycles. The molecule has 5 unspecified atom stereocenters. The summed E-state index contributed by atoms with van der Waals surface area (Å²) in [6, 6.07) is -4.42. The Morgan fingerprint density at radius 1 is 1.00 bits per heavy atom. The number of carboxylic acids is 1. The lowest BCUT2D eigenvalue weighted by Crippen LogP contribution is -2.58. The van der Waals surface area contributed by atoms with Crippen molar-refractivity contribution in [2.75, 3.05) is 24.0 Å². The Morgan fingerprint density at radius 3 is 1.91 bits per heavy atom. The van der Waals surface area contributed by atoms with Gasteiger partial charge in [-0.15, -0.1) is 0 Å². The smallest absolute Gasteiger partial charge is 0.326 e. The fraction of sp³-hybridized carbons (Fsp3) is 0.650. The summed E-state index contributed by atoms with van der Waals surface area (Å²) in [5.41, 5.74) is 6.20. The van der Waals surface area contributed by atoms with Crippen molar-refractivity contribution in [1.29, 1.82) is 0 Å². The van der Waals surface area contributed by atoms with Crippen LogP contribution in [-0.4, -0.2) is 98.2 Å². The number of amides is 3. The van der Waals surface area contributed by atoms with Gasteiger partial charge in [0.25, 0.3) is 0 Å². The Kier molecular flexibility index (Phi) is 13.6. The minimum Gasteiger partial charge on any atom is -0.480 e. The van der Waals surface area contributed by atoms with Crippen LogP contribution in [0.3, 0.4) is 0 Å². The average molecular weight is 519 g/mol. The molecule has 0 aliphatic rings. The first kappa shape index (κ1) is 29.7. The van der Waals surface area contributed by atoms with E-state index in [1.165, 1.54) is 43.0 Å². The zero-order valence-corrected chi connectivity index (χ0v) is 21.1. The predicted octanol–water partition coefficient (Wildman–Crippen LogP) is -1.29. The molecule has 0 radical (unpaired) electrons. The van der Waals surface area contributed by atoms with Crippen LogP contribution in [0, 0.1) is 0 Å². The molecule has 0 aliphatic carbocycles. The number of carbonyl (C=O) groups is 4. The normalized spacial score (nSPS) is 15.4. The fourth-order valence-electron chi connectivity index (χ4n) is 2.86. The van der Waals surface area contributed by atoms with Gasteiger partial charge in [0.2, 0.25) is 17.7 Å². The number of rotatable bonds is 16. The van der Waals surface area contributed by atoms with E-state index in [1.807, 2.05) is 12.5 Å². The number of carboxylic acid groups (broad SMARTS) is 1. The molecule has 12 nitrogen and oxygen atoms in total. The summed E-state index contributed by atoms with van der Waals surface area (Å²) in [5, 5.41) is 26.7. The maximum Gasteiger partial charge on any atom is 0.326 e. The molecule has 1 aromatic rings. The first-order valence-corrected chi connectivity index (χ1v) is 13.4. The van der Waals surface area contributed by atoms with E-state index in [-0.39, 0.29) is 19.3 Å². The van der Waals surface area contributed by atoms with Crippen LogP contribution in [0.5, 0.6) is 0 Å². The number of aromatic nitrogens is 2. The number of aliphatic carboxylic acids is 1. The Bertz CT molecular complexity index is 795. The zero-order chi connectivity index (χ0) is 25.7. The van der Waals surface area contributed by atoms with Crippen molar-refractivity contribution in [3.8, 4) is 0 Å². The minimum absolute atomic E-state index is 0.00605. The molecule has 14 heteroatoms. The molecular formula is C20H34N6O6S2. The first-order valence-electron chi connectivity index (χ1n) is 10.6. The number of aliphatic hydroxyl groups excluding tert-OH is 1. The van der Waals surface area contributed by atoms with Gasteiger partial charge in [-0.3, -0.25) is 14.4 Å². The predicted molar refractivity (Wildman–Crippen MR) is 131 cm³/mol. The van der Waals surface area contributed by atoms with Gasteiger partial charge in [-0.2, -0.15) is 23.5 Å². The number of imidazole rings is 1. The maximum absolute atomic E-state index is 13.0. The van der Waals surface area contributed by atoms with Crippen LogP contribution < -0.4 is 21.7 Å². The van der Waals surface area contributed by atoms with Crippen molar-refractivity contribution in [3.05, 3.63) is 18.2 Å². The van der Waals surface area contributed by atoms with Crippen molar-refractivity contribution in [2.45, 2.75) is 56.5 Å². The second-order valence-corrected chi connectivity index (χ2v) is 9.60. The van der Waals surface area contributed by atoms with E-state index < -0.39 is 54.0 Å².